The Labute approximate surface area is 189 Å². The molecule has 32 heavy (non-hydrogen) atoms. The second-order valence-electron chi connectivity index (χ2n) is 8.11. The number of imidazole rings is 1. The highest BCUT2D eigenvalue weighted by molar-refractivity contribution is 8.01. The minimum atomic E-state index is -0.468. The van der Waals surface area contributed by atoms with Gasteiger partial charge in [-0.25, -0.2) is 4.98 Å². The Hall–Kier alpha value is -3.20. The van der Waals surface area contributed by atoms with Gasteiger partial charge in [0.1, 0.15) is 18.3 Å². The Morgan fingerprint density at radius 2 is 2.19 bits per heavy atom. The van der Waals surface area contributed by atoms with Crippen LogP contribution >= 0.6 is 11.8 Å². The lowest BCUT2D eigenvalue weighted by Gasteiger charge is -2.29. The highest BCUT2D eigenvalue weighted by atomic mass is 32.2. The third kappa shape index (κ3) is 3.66. The van der Waals surface area contributed by atoms with Gasteiger partial charge in [-0.2, -0.15) is 0 Å². The molecule has 2 atom stereocenters. The van der Waals surface area contributed by atoms with Crippen molar-refractivity contribution in [1.29, 1.82) is 0 Å². The van der Waals surface area contributed by atoms with Gasteiger partial charge in [0.05, 0.1) is 17.7 Å². The lowest BCUT2D eigenvalue weighted by Crippen LogP contribution is -2.48. The van der Waals surface area contributed by atoms with Crippen molar-refractivity contribution >= 4 is 34.9 Å². The van der Waals surface area contributed by atoms with E-state index in [9.17, 15) is 9.59 Å². The molecule has 2 aliphatic rings. The molecular weight excluding hydrogens is 428 g/mol. The van der Waals surface area contributed by atoms with E-state index in [0.717, 1.165) is 17.8 Å². The van der Waals surface area contributed by atoms with Crippen LogP contribution in [0.2, 0.25) is 0 Å². The summed E-state index contributed by atoms with van der Waals surface area (Å²) in [6.07, 6.45) is 5.12. The van der Waals surface area contributed by atoms with Crippen LogP contribution in [0.25, 0.3) is 5.65 Å². The van der Waals surface area contributed by atoms with Crippen LogP contribution in [0.5, 0.6) is 11.5 Å². The predicted molar refractivity (Wildman–Crippen MR) is 122 cm³/mol. The number of carbonyl (C=O) groups excluding carboxylic acids is 2. The van der Waals surface area contributed by atoms with Crippen molar-refractivity contribution < 1.29 is 19.1 Å². The quantitative estimate of drug-likeness (QED) is 0.618. The van der Waals surface area contributed by atoms with Crippen LogP contribution in [-0.4, -0.2) is 49.9 Å². The normalized spacial score (nSPS) is 22.2. The van der Waals surface area contributed by atoms with E-state index < -0.39 is 6.04 Å². The number of methoxy groups -OCH3 is 1. The number of amides is 2. The molecule has 8 nitrogen and oxygen atoms in total. The van der Waals surface area contributed by atoms with E-state index in [2.05, 4.69) is 10.3 Å². The largest absolute Gasteiger partial charge is 0.493 e. The summed E-state index contributed by atoms with van der Waals surface area (Å²) < 4.78 is 13.3. The van der Waals surface area contributed by atoms with Crippen LogP contribution in [0.3, 0.4) is 0 Å². The van der Waals surface area contributed by atoms with Crippen molar-refractivity contribution in [3.8, 4) is 11.5 Å². The van der Waals surface area contributed by atoms with Crippen LogP contribution in [-0.2, 0) is 16.2 Å². The molecule has 2 fully saturated rings. The van der Waals surface area contributed by atoms with Crippen LogP contribution in [0.1, 0.15) is 25.5 Å². The van der Waals surface area contributed by atoms with E-state index in [4.69, 9.17) is 9.47 Å². The zero-order valence-electron chi connectivity index (χ0n) is 17.9. The van der Waals surface area contributed by atoms with Gasteiger partial charge in [-0.15, -0.1) is 11.8 Å². The Kier molecular flexibility index (Phi) is 5.21. The molecule has 3 aromatic rings. The number of hydrogen-bond acceptors (Lipinski definition) is 6. The summed E-state index contributed by atoms with van der Waals surface area (Å²) in [5, 5.41) is 2.94. The fraction of sp³-hybridized carbons (Fsp3) is 0.348. The van der Waals surface area contributed by atoms with E-state index >= 15 is 0 Å². The van der Waals surface area contributed by atoms with Crippen LogP contribution in [0.15, 0.2) is 48.8 Å². The average Bonchev–Trinajstić information content (AvgIpc) is 3.45. The maximum absolute atomic E-state index is 13.0. The first-order valence-electron chi connectivity index (χ1n) is 10.5. The fourth-order valence-electron chi connectivity index (χ4n) is 4.32. The first kappa shape index (κ1) is 20.7. The Balaban J connectivity index is 1.30. The third-order valence-corrected chi connectivity index (χ3v) is 7.47. The smallest absolute Gasteiger partial charge is 0.248 e. The van der Waals surface area contributed by atoms with Crippen molar-refractivity contribution in [2.24, 2.45) is 0 Å². The van der Waals surface area contributed by atoms with E-state index in [1.54, 1.807) is 42.0 Å². The Bertz CT molecular complexity index is 1160. The van der Waals surface area contributed by atoms with Crippen LogP contribution < -0.4 is 14.8 Å². The van der Waals surface area contributed by atoms with Crippen molar-refractivity contribution in [3.05, 3.63) is 54.5 Å². The lowest BCUT2D eigenvalue weighted by molar-refractivity contribution is -0.135. The topological polar surface area (TPSA) is 85.2 Å². The summed E-state index contributed by atoms with van der Waals surface area (Å²) in [5.74, 6) is 1.52. The molecule has 9 heteroatoms. The van der Waals surface area contributed by atoms with Crippen molar-refractivity contribution in [1.82, 2.24) is 14.3 Å². The molecule has 1 aromatic carbocycles. The molecule has 1 N–H and O–H groups in total. The molecule has 0 aliphatic carbocycles. The van der Waals surface area contributed by atoms with E-state index in [0.29, 0.717) is 29.4 Å². The number of hydrogen-bond donors (Lipinski definition) is 1. The summed E-state index contributed by atoms with van der Waals surface area (Å²) in [5.41, 5.74) is 2.21. The number of thioether (sulfide) groups is 1. The van der Waals surface area contributed by atoms with Gasteiger partial charge in [-0.05, 0) is 37.6 Å². The molecule has 5 rings (SSSR count). The number of pyridine rings is 1. The summed E-state index contributed by atoms with van der Waals surface area (Å²) in [6, 6.07) is 10.6. The molecular formula is C23H24N4O4S. The number of nitrogens with zero attached hydrogens (tertiary/aromatic N) is 3. The summed E-state index contributed by atoms with van der Waals surface area (Å²) in [7, 11) is 1.57. The SMILES string of the molecule is COc1ccc(NC(=O)C2CSC3(C)CCC(=O)N23)cc1OCc1cn2ccccc2n1. The molecule has 0 bridgehead atoms. The average molecular weight is 453 g/mol. The number of rotatable bonds is 6. The Morgan fingerprint density at radius 3 is 3.00 bits per heavy atom. The predicted octanol–water partition coefficient (Wildman–Crippen LogP) is 3.31. The third-order valence-electron chi connectivity index (χ3n) is 5.97. The highest BCUT2D eigenvalue weighted by Crippen LogP contribution is 2.47. The maximum atomic E-state index is 13.0. The van der Waals surface area contributed by atoms with Crippen LogP contribution in [0.4, 0.5) is 5.69 Å². The van der Waals surface area contributed by atoms with Gasteiger partial charge in [0.2, 0.25) is 11.8 Å². The molecule has 2 saturated heterocycles. The minimum absolute atomic E-state index is 0.0452. The molecule has 0 radical (unpaired) electrons. The number of benzene rings is 1. The summed E-state index contributed by atoms with van der Waals surface area (Å²) >= 11 is 1.67. The molecule has 2 aromatic heterocycles. The zero-order chi connectivity index (χ0) is 22.3. The van der Waals surface area contributed by atoms with Crippen molar-refractivity contribution in [2.75, 3.05) is 18.2 Å². The molecule has 2 unspecified atom stereocenters. The van der Waals surface area contributed by atoms with E-state index in [1.807, 2.05) is 41.9 Å². The van der Waals surface area contributed by atoms with Crippen molar-refractivity contribution in [3.63, 3.8) is 0 Å². The minimum Gasteiger partial charge on any atom is -0.493 e. The summed E-state index contributed by atoms with van der Waals surface area (Å²) in [4.78, 5) is 31.3. The maximum Gasteiger partial charge on any atom is 0.248 e. The molecule has 2 aliphatic heterocycles. The van der Waals surface area contributed by atoms with Gasteiger partial charge in [-0.3, -0.25) is 9.59 Å². The van der Waals surface area contributed by atoms with E-state index in [-0.39, 0.29) is 23.3 Å². The van der Waals surface area contributed by atoms with Gasteiger partial charge in [-0.1, -0.05) is 6.07 Å². The molecule has 2 amide bonds. The number of ether oxygens (including phenoxy) is 2. The van der Waals surface area contributed by atoms with Gasteiger partial charge in [0, 0.05) is 36.3 Å². The standard InChI is InChI=1S/C23H24N4O4S/c1-23-9-8-21(28)27(23)17(14-32-23)22(29)25-15-6-7-18(30-2)19(11-15)31-13-16-12-26-10-4-3-5-20(26)24-16/h3-7,10-12,17H,8-9,13-14H2,1-2H3,(H,25,29). The van der Waals surface area contributed by atoms with Crippen LogP contribution in [0, 0.1) is 0 Å². The second kappa shape index (κ2) is 8.05. The highest BCUT2D eigenvalue weighted by Gasteiger charge is 2.52. The molecule has 0 saturated carbocycles. The van der Waals surface area contributed by atoms with Gasteiger partial charge in [0.25, 0.3) is 0 Å². The monoisotopic (exact) mass is 452 g/mol. The fourth-order valence-corrected chi connectivity index (χ4v) is 5.75. The van der Waals surface area contributed by atoms with Gasteiger partial charge in [0.15, 0.2) is 11.5 Å². The number of fused-ring (bicyclic) bond motifs is 2. The number of nitrogens with one attached hydrogen (secondary N) is 1. The number of aromatic nitrogens is 2. The second-order valence-corrected chi connectivity index (χ2v) is 9.61. The zero-order valence-corrected chi connectivity index (χ0v) is 18.7. The van der Waals surface area contributed by atoms with Gasteiger partial charge >= 0.3 is 0 Å². The number of anilines is 1. The first-order chi connectivity index (χ1) is 15.5. The number of carbonyl (C=O) groups is 2. The molecule has 166 valence electrons. The van der Waals surface area contributed by atoms with E-state index in [1.165, 1.54) is 0 Å². The first-order valence-corrected chi connectivity index (χ1v) is 11.5. The Morgan fingerprint density at radius 1 is 1.31 bits per heavy atom. The van der Waals surface area contributed by atoms with Crippen molar-refractivity contribution in [2.45, 2.75) is 37.3 Å². The summed E-state index contributed by atoms with van der Waals surface area (Å²) in [6.45, 7) is 2.30. The van der Waals surface area contributed by atoms with Gasteiger partial charge < -0.3 is 24.1 Å². The molecule has 0 spiro atoms. The molecule has 4 heterocycles. The lowest BCUT2D eigenvalue weighted by atomic mass is 10.2.